The molecule has 1 aliphatic rings. The number of nitrogens with zero attached hydrogens (tertiary/aromatic N) is 2. The number of hydrogen-bond donors (Lipinski definition) is 1. The topological polar surface area (TPSA) is 28.2 Å². The molecule has 1 atom stereocenters. The van der Waals surface area contributed by atoms with Crippen molar-refractivity contribution in [3.05, 3.63) is 16.1 Å². The van der Waals surface area contributed by atoms with Crippen molar-refractivity contribution in [2.45, 2.75) is 52.1 Å². The van der Waals surface area contributed by atoms with Crippen molar-refractivity contribution in [2.75, 3.05) is 19.6 Å². The lowest BCUT2D eigenvalue weighted by Crippen LogP contribution is -2.60. The van der Waals surface area contributed by atoms with Crippen LogP contribution >= 0.6 is 11.3 Å². The molecule has 0 aromatic carbocycles. The molecule has 3 nitrogen and oxygen atoms in total. The molecule has 1 fully saturated rings. The lowest BCUT2D eigenvalue weighted by molar-refractivity contribution is 0.0918. The molecular formula is C14H25N3S. The van der Waals surface area contributed by atoms with E-state index in [9.17, 15) is 0 Å². The van der Waals surface area contributed by atoms with Crippen molar-refractivity contribution in [3.63, 3.8) is 0 Å². The average molecular weight is 267 g/mol. The standard InChI is InChI=1S/C14H25N3S/c1-5-14(6-2)10-17(8-7-16-14)12(4)13-15-9-11(3)18-13/h9,12,16H,5-8,10H2,1-4H3. The molecule has 18 heavy (non-hydrogen) atoms. The van der Waals surface area contributed by atoms with Crippen LogP contribution in [0.15, 0.2) is 6.20 Å². The molecule has 1 aromatic heterocycles. The molecule has 0 bridgehead atoms. The highest BCUT2D eigenvalue weighted by molar-refractivity contribution is 7.11. The minimum atomic E-state index is 0.304. The van der Waals surface area contributed by atoms with E-state index in [4.69, 9.17) is 0 Å². The van der Waals surface area contributed by atoms with E-state index in [0.717, 1.165) is 19.6 Å². The van der Waals surface area contributed by atoms with Gasteiger partial charge in [0.15, 0.2) is 0 Å². The van der Waals surface area contributed by atoms with E-state index in [1.165, 1.54) is 22.7 Å². The van der Waals surface area contributed by atoms with Gasteiger partial charge in [0.1, 0.15) is 5.01 Å². The quantitative estimate of drug-likeness (QED) is 0.909. The molecule has 1 aliphatic heterocycles. The highest BCUT2D eigenvalue weighted by Crippen LogP contribution is 2.29. The Kier molecular flexibility index (Phi) is 4.41. The number of rotatable bonds is 4. The Morgan fingerprint density at radius 3 is 2.78 bits per heavy atom. The molecule has 0 spiro atoms. The first-order valence-corrected chi connectivity index (χ1v) is 7.83. The first-order valence-electron chi connectivity index (χ1n) is 7.01. The van der Waals surface area contributed by atoms with Gasteiger partial charge in [-0.15, -0.1) is 11.3 Å². The maximum absolute atomic E-state index is 4.55. The van der Waals surface area contributed by atoms with Gasteiger partial charge < -0.3 is 5.32 Å². The predicted octanol–water partition coefficient (Wildman–Crippen LogP) is 2.98. The van der Waals surface area contributed by atoms with Crippen LogP contribution in [-0.4, -0.2) is 35.1 Å². The molecule has 1 unspecified atom stereocenters. The van der Waals surface area contributed by atoms with Gasteiger partial charge in [0, 0.05) is 36.2 Å². The average Bonchev–Trinajstić information content (AvgIpc) is 2.84. The molecule has 1 aromatic rings. The molecule has 1 saturated heterocycles. The monoisotopic (exact) mass is 267 g/mol. The summed E-state index contributed by atoms with van der Waals surface area (Å²) in [7, 11) is 0. The SMILES string of the molecule is CCC1(CC)CN(C(C)c2ncc(C)s2)CCN1. The van der Waals surface area contributed by atoms with E-state index < -0.39 is 0 Å². The third kappa shape index (κ3) is 2.76. The summed E-state index contributed by atoms with van der Waals surface area (Å²) in [6.45, 7) is 12.4. The minimum Gasteiger partial charge on any atom is -0.309 e. The largest absolute Gasteiger partial charge is 0.309 e. The van der Waals surface area contributed by atoms with Crippen LogP contribution in [0.2, 0.25) is 0 Å². The minimum absolute atomic E-state index is 0.304. The van der Waals surface area contributed by atoms with E-state index in [0.29, 0.717) is 11.6 Å². The Morgan fingerprint density at radius 2 is 2.22 bits per heavy atom. The van der Waals surface area contributed by atoms with Crippen molar-refractivity contribution < 1.29 is 0 Å². The van der Waals surface area contributed by atoms with Crippen LogP contribution in [0.1, 0.15) is 49.5 Å². The summed E-state index contributed by atoms with van der Waals surface area (Å²) < 4.78 is 0. The van der Waals surface area contributed by atoms with Crippen LogP contribution in [-0.2, 0) is 0 Å². The number of hydrogen-bond acceptors (Lipinski definition) is 4. The summed E-state index contributed by atoms with van der Waals surface area (Å²) in [5, 5.41) is 4.97. The second-order valence-electron chi connectivity index (χ2n) is 5.37. The van der Waals surface area contributed by atoms with Gasteiger partial charge in [-0.1, -0.05) is 13.8 Å². The van der Waals surface area contributed by atoms with Crippen LogP contribution in [0.25, 0.3) is 0 Å². The molecule has 102 valence electrons. The highest BCUT2D eigenvalue weighted by atomic mass is 32.1. The fraction of sp³-hybridized carbons (Fsp3) is 0.786. The van der Waals surface area contributed by atoms with Crippen molar-refractivity contribution in [1.82, 2.24) is 15.2 Å². The molecule has 0 saturated carbocycles. The lowest BCUT2D eigenvalue weighted by atomic mass is 9.89. The predicted molar refractivity (Wildman–Crippen MR) is 78.2 cm³/mol. The van der Waals surface area contributed by atoms with Crippen molar-refractivity contribution in [3.8, 4) is 0 Å². The Balaban J connectivity index is 2.09. The Labute approximate surface area is 115 Å². The number of aromatic nitrogens is 1. The summed E-state index contributed by atoms with van der Waals surface area (Å²) in [5.41, 5.74) is 0.304. The Hall–Kier alpha value is -0.450. The zero-order valence-electron chi connectivity index (χ0n) is 12.0. The van der Waals surface area contributed by atoms with E-state index in [1.807, 2.05) is 17.5 Å². The molecule has 2 heterocycles. The molecule has 2 rings (SSSR count). The van der Waals surface area contributed by atoms with Gasteiger partial charge in [-0.25, -0.2) is 4.98 Å². The van der Waals surface area contributed by atoms with Crippen LogP contribution < -0.4 is 5.32 Å². The van der Waals surface area contributed by atoms with Crippen LogP contribution in [0.4, 0.5) is 0 Å². The van der Waals surface area contributed by atoms with E-state index >= 15 is 0 Å². The molecular weight excluding hydrogens is 242 g/mol. The highest BCUT2D eigenvalue weighted by Gasteiger charge is 2.34. The molecule has 1 N–H and O–H groups in total. The summed E-state index contributed by atoms with van der Waals surface area (Å²) in [5.74, 6) is 0. The Bertz CT molecular complexity index is 384. The number of thiazole rings is 1. The third-order valence-electron chi connectivity index (χ3n) is 4.30. The zero-order valence-corrected chi connectivity index (χ0v) is 12.8. The fourth-order valence-corrected chi connectivity index (χ4v) is 3.62. The first kappa shape index (κ1) is 14.0. The van der Waals surface area contributed by atoms with Crippen molar-refractivity contribution >= 4 is 11.3 Å². The fourth-order valence-electron chi connectivity index (χ4n) is 2.76. The first-order chi connectivity index (χ1) is 8.60. The van der Waals surface area contributed by atoms with Gasteiger partial charge in [-0.3, -0.25) is 4.90 Å². The lowest BCUT2D eigenvalue weighted by Gasteiger charge is -2.45. The van der Waals surface area contributed by atoms with Gasteiger partial charge in [0.05, 0.1) is 6.04 Å². The van der Waals surface area contributed by atoms with Gasteiger partial charge in [-0.2, -0.15) is 0 Å². The second-order valence-corrected chi connectivity index (χ2v) is 6.64. The number of nitrogens with one attached hydrogen (secondary N) is 1. The molecule has 4 heteroatoms. The van der Waals surface area contributed by atoms with Gasteiger partial charge in [0.25, 0.3) is 0 Å². The van der Waals surface area contributed by atoms with Crippen LogP contribution in [0, 0.1) is 6.92 Å². The normalized spacial score (nSPS) is 22.0. The maximum atomic E-state index is 4.55. The molecule has 0 radical (unpaired) electrons. The van der Waals surface area contributed by atoms with Crippen LogP contribution in [0.3, 0.4) is 0 Å². The summed E-state index contributed by atoms with van der Waals surface area (Å²) >= 11 is 1.83. The summed E-state index contributed by atoms with van der Waals surface area (Å²) in [6, 6.07) is 0.447. The second kappa shape index (κ2) is 5.68. The van der Waals surface area contributed by atoms with Gasteiger partial charge >= 0.3 is 0 Å². The van der Waals surface area contributed by atoms with E-state index in [-0.39, 0.29) is 0 Å². The van der Waals surface area contributed by atoms with Gasteiger partial charge in [-0.05, 0) is 26.7 Å². The molecule has 0 amide bonds. The van der Waals surface area contributed by atoms with E-state index in [1.54, 1.807) is 0 Å². The third-order valence-corrected chi connectivity index (χ3v) is 5.39. The zero-order chi connectivity index (χ0) is 13.2. The summed E-state index contributed by atoms with van der Waals surface area (Å²) in [4.78, 5) is 8.44. The Morgan fingerprint density at radius 1 is 1.50 bits per heavy atom. The summed E-state index contributed by atoms with van der Waals surface area (Å²) in [6.07, 6.45) is 4.39. The van der Waals surface area contributed by atoms with Crippen LogP contribution in [0.5, 0.6) is 0 Å². The van der Waals surface area contributed by atoms with E-state index in [2.05, 4.69) is 42.9 Å². The van der Waals surface area contributed by atoms with Crippen molar-refractivity contribution in [2.24, 2.45) is 0 Å². The maximum Gasteiger partial charge on any atom is 0.110 e. The molecule has 0 aliphatic carbocycles. The van der Waals surface area contributed by atoms with Crippen molar-refractivity contribution in [1.29, 1.82) is 0 Å². The smallest absolute Gasteiger partial charge is 0.110 e. The number of aryl methyl sites for hydroxylation is 1. The number of piperazine rings is 1. The van der Waals surface area contributed by atoms with Gasteiger partial charge in [0.2, 0.25) is 0 Å².